The zero-order valence-electron chi connectivity index (χ0n) is 23.1. The summed E-state index contributed by atoms with van der Waals surface area (Å²) in [4.78, 5) is 21.1. The van der Waals surface area contributed by atoms with Gasteiger partial charge in [0.15, 0.2) is 5.52 Å². The van der Waals surface area contributed by atoms with Crippen LogP contribution in [-0.4, -0.2) is 48.0 Å². The number of piperidine rings is 1. The lowest BCUT2D eigenvalue weighted by atomic mass is 9.91. The highest BCUT2D eigenvalue weighted by molar-refractivity contribution is 7.13. The molecule has 0 spiro atoms. The molecule has 1 fully saturated rings. The van der Waals surface area contributed by atoms with E-state index in [2.05, 4.69) is 15.0 Å². The molecule has 0 saturated carbocycles. The molecule has 0 aliphatic carbocycles. The van der Waals surface area contributed by atoms with Crippen molar-refractivity contribution in [2.24, 2.45) is 12.8 Å². The molecule has 5 aromatic rings. The second-order valence-electron chi connectivity index (χ2n) is 10.5. The molecule has 3 N–H and O–H groups in total. The van der Waals surface area contributed by atoms with Gasteiger partial charge in [-0.15, -0.1) is 36.2 Å². The van der Waals surface area contributed by atoms with E-state index in [1.165, 1.54) is 10.9 Å². The largest absolute Gasteiger partial charge is 0.388 e. The SMILES string of the molecule is Cl.Cl.Cn1nc2c(=O)n(CC3(O)CCN(Cc4ccc(-c5cccs5)cc4F)CC3)cnc2c1-c1ccc(CN)cc1. The average molecular weight is 632 g/mol. The smallest absolute Gasteiger partial charge is 0.281 e. The van der Waals surface area contributed by atoms with E-state index >= 15 is 0 Å². The van der Waals surface area contributed by atoms with E-state index in [9.17, 15) is 14.3 Å². The van der Waals surface area contributed by atoms with Gasteiger partial charge in [0.2, 0.25) is 0 Å². The minimum atomic E-state index is -1.06. The van der Waals surface area contributed by atoms with Crippen molar-refractivity contribution in [2.75, 3.05) is 13.1 Å². The van der Waals surface area contributed by atoms with Crippen LogP contribution in [0.25, 0.3) is 32.7 Å². The molecule has 0 atom stereocenters. The highest BCUT2D eigenvalue weighted by atomic mass is 35.5. The number of halogens is 3. The normalized spacial score (nSPS) is 14.9. The summed E-state index contributed by atoms with van der Waals surface area (Å²) in [6.45, 7) is 2.25. The van der Waals surface area contributed by atoms with Gasteiger partial charge >= 0.3 is 0 Å². The second kappa shape index (κ2) is 13.0. The summed E-state index contributed by atoms with van der Waals surface area (Å²) in [5, 5.41) is 17.8. The van der Waals surface area contributed by atoms with E-state index in [0.29, 0.717) is 50.1 Å². The molecule has 6 rings (SSSR count). The molecule has 0 amide bonds. The van der Waals surface area contributed by atoms with Gasteiger partial charge in [-0.2, -0.15) is 5.10 Å². The monoisotopic (exact) mass is 630 g/mol. The fourth-order valence-electron chi connectivity index (χ4n) is 5.44. The summed E-state index contributed by atoms with van der Waals surface area (Å²) in [6.07, 6.45) is 2.43. The topological polar surface area (TPSA) is 102 Å². The van der Waals surface area contributed by atoms with Gasteiger partial charge in [0.05, 0.1) is 24.2 Å². The minimum absolute atomic E-state index is 0. The molecule has 0 bridgehead atoms. The summed E-state index contributed by atoms with van der Waals surface area (Å²) in [7, 11) is 1.79. The first kappa shape index (κ1) is 31.8. The molecular weight excluding hydrogens is 598 g/mol. The first-order valence-corrected chi connectivity index (χ1v) is 14.2. The van der Waals surface area contributed by atoms with Crippen LogP contribution in [0.5, 0.6) is 0 Å². The zero-order chi connectivity index (χ0) is 27.9. The number of nitrogens with two attached hydrogens (primary N) is 1. The minimum Gasteiger partial charge on any atom is -0.388 e. The van der Waals surface area contributed by atoms with Gasteiger partial charge in [-0.25, -0.2) is 9.37 Å². The van der Waals surface area contributed by atoms with E-state index in [1.54, 1.807) is 29.1 Å². The Kier molecular flexibility index (Phi) is 9.87. The van der Waals surface area contributed by atoms with E-state index < -0.39 is 5.60 Å². The Labute approximate surface area is 259 Å². The Hall–Kier alpha value is -3.12. The second-order valence-corrected chi connectivity index (χ2v) is 11.5. The van der Waals surface area contributed by atoms with Crippen molar-refractivity contribution in [3.63, 3.8) is 0 Å². The number of thiophene rings is 1. The predicted molar refractivity (Wildman–Crippen MR) is 170 cm³/mol. The number of hydrogen-bond acceptors (Lipinski definition) is 7. The summed E-state index contributed by atoms with van der Waals surface area (Å²) >= 11 is 1.59. The van der Waals surface area contributed by atoms with Crippen molar-refractivity contribution in [2.45, 2.75) is 38.1 Å². The van der Waals surface area contributed by atoms with E-state index in [4.69, 9.17) is 5.73 Å². The van der Waals surface area contributed by atoms with Gasteiger partial charge < -0.3 is 10.8 Å². The Morgan fingerprint density at radius 3 is 2.40 bits per heavy atom. The van der Waals surface area contributed by atoms with Crippen molar-refractivity contribution in [1.29, 1.82) is 0 Å². The summed E-state index contributed by atoms with van der Waals surface area (Å²) in [5.41, 5.74) is 9.36. The molecule has 0 unspecified atom stereocenters. The lowest BCUT2D eigenvalue weighted by Gasteiger charge is -2.38. The predicted octanol–water partition coefficient (Wildman–Crippen LogP) is 4.99. The third-order valence-corrected chi connectivity index (χ3v) is 8.70. The number of nitrogens with zero attached hydrogens (tertiary/aromatic N) is 5. The maximum atomic E-state index is 14.9. The summed E-state index contributed by atoms with van der Waals surface area (Å²) < 4.78 is 18.0. The number of likely N-dealkylation sites (tertiary alicyclic amines) is 1. The fourth-order valence-corrected chi connectivity index (χ4v) is 6.17. The van der Waals surface area contributed by atoms with Crippen LogP contribution in [0.4, 0.5) is 4.39 Å². The Morgan fingerprint density at radius 1 is 1.05 bits per heavy atom. The van der Waals surface area contributed by atoms with E-state index in [1.807, 2.05) is 53.9 Å². The molecule has 0 radical (unpaired) electrons. The number of benzene rings is 2. The van der Waals surface area contributed by atoms with Gasteiger partial charge in [0.25, 0.3) is 5.56 Å². The van der Waals surface area contributed by atoms with Gasteiger partial charge in [-0.05, 0) is 41.5 Å². The molecule has 12 heteroatoms. The maximum absolute atomic E-state index is 14.9. The van der Waals surface area contributed by atoms with Crippen LogP contribution in [0.15, 0.2) is 71.1 Å². The third kappa shape index (κ3) is 6.29. The maximum Gasteiger partial charge on any atom is 0.281 e. The molecular formula is C30H33Cl2FN6O2S. The van der Waals surface area contributed by atoms with Crippen LogP contribution in [0, 0.1) is 5.82 Å². The van der Waals surface area contributed by atoms with Gasteiger partial charge in [0.1, 0.15) is 11.3 Å². The zero-order valence-corrected chi connectivity index (χ0v) is 25.5. The Balaban J connectivity index is 0.00000202. The van der Waals surface area contributed by atoms with Crippen molar-refractivity contribution in [1.82, 2.24) is 24.2 Å². The number of rotatable bonds is 7. The van der Waals surface area contributed by atoms with Crippen LogP contribution < -0.4 is 11.3 Å². The summed E-state index contributed by atoms with van der Waals surface area (Å²) in [5.74, 6) is -0.220. The van der Waals surface area contributed by atoms with Crippen molar-refractivity contribution < 1.29 is 9.50 Å². The molecule has 4 heterocycles. The third-order valence-electron chi connectivity index (χ3n) is 7.78. The molecule has 3 aromatic heterocycles. The van der Waals surface area contributed by atoms with Crippen LogP contribution in [-0.2, 0) is 26.7 Å². The molecule has 1 aliphatic heterocycles. The first-order valence-electron chi connectivity index (χ1n) is 13.3. The van der Waals surface area contributed by atoms with Crippen molar-refractivity contribution >= 4 is 47.2 Å². The number of fused-ring (bicyclic) bond motifs is 1. The lowest BCUT2D eigenvalue weighted by Crippen LogP contribution is -2.47. The molecule has 1 aliphatic rings. The Bertz CT molecular complexity index is 1710. The van der Waals surface area contributed by atoms with Crippen LogP contribution in [0.1, 0.15) is 24.0 Å². The molecule has 8 nitrogen and oxygen atoms in total. The van der Waals surface area contributed by atoms with Crippen molar-refractivity contribution in [3.8, 4) is 21.7 Å². The molecule has 1 saturated heterocycles. The van der Waals surface area contributed by atoms with E-state index in [0.717, 1.165) is 27.3 Å². The summed E-state index contributed by atoms with van der Waals surface area (Å²) in [6, 6.07) is 17.1. The lowest BCUT2D eigenvalue weighted by molar-refractivity contribution is -0.0366. The first-order chi connectivity index (χ1) is 19.3. The van der Waals surface area contributed by atoms with Crippen LogP contribution in [0.2, 0.25) is 0 Å². The standard InChI is InChI=1S/C30H31FN6O2S.2ClH/c1-35-28(21-6-4-20(16-32)5-7-21)26-27(34-35)29(38)37(19-33-26)18-30(39)10-12-36(13-11-30)17-23-9-8-22(15-24(23)31)25-3-2-14-40-25;;/h2-9,14-15,19,39H,10-13,16-18,32H2,1H3;2*1H. The highest BCUT2D eigenvalue weighted by Crippen LogP contribution is 2.29. The van der Waals surface area contributed by atoms with Crippen LogP contribution in [0.3, 0.4) is 0 Å². The Morgan fingerprint density at radius 2 is 1.76 bits per heavy atom. The molecule has 2 aromatic carbocycles. The number of aromatic nitrogens is 4. The van der Waals surface area contributed by atoms with Gasteiger partial charge in [-0.1, -0.05) is 42.5 Å². The number of hydrogen-bond donors (Lipinski definition) is 2. The highest BCUT2D eigenvalue weighted by Gasteiger charge is 2.33. The molecule has 42 heavy (non-hydrogen) atoms. The van der Waals surface area contributed by atoms with Gasteiger partial charge in [-0.3, -0.25) is 18.9 Å². The van der Waals surface area contributed by atoms with Gasteiger partial charge in [0, 0.05) is 49.2 Å². The molecule has 222 valence electrons. The van der Waals surface area contributed by atoms with Crippen molar-refractivity contribution in [3.05, 3.63) is 93.6 Å². The van der Waals surface area contributed by atoms with E-state index in [-0.39, 0.29) is 48.3 Å². The number of aryl methyl sites for hydroxylation is 1. The fraction of sp³-hybridized carbons (Fsp3) is 0.300. The quantitative estimate of drug-likeness (QED) is 0.263. The van der Waals surface area contributed by atoms with Crippen LogP contribution >= 0.6 is 36.2 Å². The number of aliphatic hydroxyl groups is 1. The average Bonchev–Trinajstić information content (AvgIpc) is 3.61.